The number of aromatic nitrogens is 2. The molecule has 0 amide bonds. The van der Waals surface area contributed by atoms with Gasteiger partial charge in [0.1, 0.15) is 12.1 Å². The van der Waals surface area contributed by atoms with Crippen molar-refractivity contribution in [2.75, 3.05) is 23.4 Å². The highest BCUT2D eigenvalue weighted by atomic mass is 16.6. The molecule has 1 aromatic heterocycles. The second kappa shape index (κ2) is 7.51. The van der Waals surface area contributed by atoms with Gasteiger partial charge in [-0.2, -0.15) is 0 Å². The number of nitro groups is 1. The first-order chi connectivity index (χ1) is 13.7. The Bertz CT molecular complexity index is 1010. The summed E-state index contributed by atoms with van der Waals surface area (Å²) in [5.74, 6) is 1.18. The Morgan fingerprint density at radius 3 is 2.71 bits per heavy atom. The number of rotatable bonds is 6. The molecular formula is C20H19N5O3. The van der Waals surface area contributed by atoms with Gasteiger partial charge < -0.3 is 15.0 Å². The zero-order valence-electron chi connectivity index (χ0n) is 15.3. The Hall–Kier alpha value is -3.68. The first-order valence-corrected chi connectivity index (χ1v) is 9.02. The topological polar surface area (TPSA) is 93.4 Å². The maximum Gasteiger partial charge on any atom is 0.354 e. The minimum Gasteiger partial charge on any atom is -0.494 e. The Morgan fingerprint density at radius 2 is 1.96 bits per heavy atom. The molecule has 0 bridgehead atoms. The van der Waals surface area contributed by atoms with E-state index in [-0.39, 0.29) is 11.5 Å². The summed E-state index contributed by atoms with van der Waals surface area (Å²) in [5, 5.41) is 14.9. The van der Waals surface area contributed by atoms with E-state index in [0.717, 1.165) is 23.4 Å². The molecule has 0 fully saturated rings. The van der Waals surface area contributed by atoms with Gasteiger partial charge in [-0.3, -0.25) is 10.1 Å². The molecule has 0 radical (unpaired) electrons. The quantitative estimate of drug-likeness (QED) is 0.508. The molecule has 0 spiro atoms. The van der Waals surface area contributed by atoms with Crippen LogP contribution in [0.15, 0.2) is 54.9 Å². The molecule has 3 aromatic rings. The summed E-state index contributed by atoms with van der Waals surface area (Å²) in [6.45, 7) is 3.12. The van der Waals surface area contributed by atoms with Crippen LogP contribution >= 0.6 is 0 Å². The van der Waals surface area contributed by atoms with Gasteiger partial charge in [0, 0.05) is 17.9 Å². The molecule has 142 valence electrons. The van der Waals surface area contributed by atoms with Crippen LogP contribution in [-0.2, 0) is 6.42 Å². The predicted molar refractivity (Wildman–Crippen MR) is 107 cm³/mol. The van der Waals surface area contributed by atoms with E-state index in [2.05, 4.69) is 15.3 Å². The van der Waals surface area contributed by atoms with E-state index in [1.54, 1.807) is 24.3 Å². The van der Waals surface area contributed by atoms with Gasteiger partial charge in [0.05, 0.1) is 11.5 Å². The molecule has 0 aliphatic carbocycles. The van der Waals surface area contributed by atoms with Crippen molar-refractivity contribution in [2.45, 2.75) is 13.3 Å². The van der Waals surface area contributed by atoms with Crippen LogP contribution in [0.4, 0.5) is 28.7 Å². The van der Waals surface area contributed by atoms with Crippen molar-refractivity contribution in [1.82, 2.24) is 9.97 Å². The lowest BCUT2D eigenvalue weighted by Gasteiger charge is -2.19. The number of ether oxygens (including phenoxy) is 1. The molecule has 2 aromatic carbocycles. The van der Waals surface area contributed by atoms with Crippen molar-refractivity contribution in [1.29, 1.82) is 0 Å². The van der Waals surface area contributed by atoms with Crippen LogP contribution in [-0.4, -0.2) is 28.0 Å². The number of para-hydroxylation sites is 1. The molecule has 0 atom stereocenters. The smallest absolute Gasteiger partial charge is 0.354 e. The first kappa shape index (κ1) is 17.7. The molecule has 8 nitrogen and oxygen atoms in total. The number of nitrogens with zero attached hydrogens (tertiary/aromatic N) is 4. The van der Waals surface area contributed by atoms with Gasteiger partial charge in [-0.25, -0.2) is 9.97 Å². The summed E-state index contributed by atoms with van der Waals surface area (Å²) in [4.78, 5) is 21.7. The Morgan fingerprint density at radius 1 is 1.18 bits per heavy atom. The van der Waals surface area contributed by atoms with Crippen LogP contribution in [0.1, 0.15) is 12.5 Å². The summed E-state index contributed by atoms with van der Waals surface area (Å²) in [7, 11) is 0. The van der Waals surface area contributed by atoms with E-state index < -0.39 is 4.92 Å². The minimum absolute atomic E-state index is 0.145. The number of benzene rings is 2. The van der Waals surface area contributed by atoms with Crippen molar-refractivity contribution in [3.8, 4) is 5.75 Å². The number of nitrogens with one attached hydrogen (secondary N) is 1. The minimum atomic E-state index is -0.437. The van der Waals surface area contributed by atoms with E-state index in [0.29, 0.717) is 24.7 Å². The molecule has 0 unspecified atom stereocenters. The summed E-state index contributed by atoms with van der Waals surface area (Å²) in [6, 6.07) is 15.1. The molecule has 1 N–H and O–H groups in total. The fraction of sp³-hybridized carbons (Fsp3) is 0.200. The van der Waals surface area contributed by atoms with Gasteiger partial charge >= 0.3 is 5.69 Å². The number of anilines is 4. The van der Waals surface area contributed by atoms with Crippen molar-refractivity contribution < 1.29 is 9.66 Å². The van der Waals surface area contributed by atoms with Crippen LogP contribution < -0.4 is 15.0 Å². The van der Waals surface area contributed by atoms with Gasteiger partial charge in [-0.1, -0.05) is 18.2 Å². The van der Waals surface area contributed by atoms with Gasteiger partial charge in [0.25, 0.3) is 0 Å². The number of hydrogen-bond acceptors (Lipinski definition) is 7. The molecule has 28 heavy (non-hydrogen) atoms. The lowest BCUT2D eigenvalue weighted by molar-refractivity contribution is -0.383. The van der Waals surface area contributed by atoms with Gasteiger partial charge in [0.2, 0.25) is 11.6 Å². The Labute approximate surface area is 162 Å². The predicted octanol–water partition coefficient (Wildman–Crippen LogP) is 4.22. The van der Waals surface area contributed by atoms with Crippen molar-refractivity contribution in [3.05, 3.63) is 70.5 Å². The normalized spacial score (nSPS) is 12.5. The summed E-state index contributed by atoms with van der Waals surface area (Å²) in [5.41, 5.74) is 2.62. The molecular weight excluding hydrogens is 358 g/mol. The SMILES string of the molecule is CCOc1ccc(Nc2ncnc(N3CCc4ccccc43)c2[N+](=O)[O-])cc1. The Balaban J connectivity index is 1.70. The monoisotopic (exact) mass is 377 g/mol. The number of fused-ring (bicyclic) bond motifs is 1. The molecule has 2 heterocycles. The third-order valence-corrected chi connectivity index (χ3v) is 4.56. The third-order valence-electron chi connectivity index (χ3n) is 4.56. The second-order valence-electron chi connectivity index (χ2n) is 6.26. The highest BCUT2D eigenvalue weighted by Crippen LogP contribution is 2.40. The van der Waals surface area contributed by atoms with Crippen LogP contribution in [0, 0.1) is 10.1 Å². The maximum atomic E-state index is 11.9. The molecule has 0 saturated heterocycles. The summed E-state index contributed by atoms with van der Waals surface area (Å²) < 4.78 is 5.42. The van der Waals surface area contributed by atoms with E-state index in [9.17, 15) is 10.1 Å². The molecule has 4 rings (SSSR count). The number of hydrogen-bond donors (Lipinski definition) is 1. The van der Waals surface area contributed by atoms with Crippen LogP contribution in [0.2, 0.25) is 0 Å². The molecule has 1 aliphatic heterocycles. The highest BCUT2D eigenvalue weighted by molar-refractivity contribution is 5.80. The van der Waals surface area contributed by atoms with Crippen molar-refractivity contribution in [3.63, 3.8) is 0 Å². The van der Waals surface area contributed by atoms with E-state index in [1.165, 1.54) is 6.33 Å². The maximum absolute atomic E-state index is 11.9. The van der Waals surface area contributed by atoms with E-state index in [1.807, 2.05) is 36.1 Å². The van der Waals surface area contributed by atoms with Crippen LogP contribution in [0.25, 0.3) is 0 Å². The zero-order chi connectivity index (χ0) is 19.5. The van der Waals surface area contributed by atoms with Crippen molar-refractivity contribution in [2.24, 2.45) is 0 Å². The zero-order valence-corrected chi connectivity index (χ0v) is 15.3. The van der Waals surface area contributed by atoms with Crippen LogP contribution in [0.3, 0.4) is 0 Å². The summed E-state index contributed by atoms with van der Waals surface area (Å²) in [6.07, 6.45) is 2.17. The standard InChI is InChI=1S/C20H19N5O3/c1-2-28-16-9-7-15(8-10-16)23-19-18(25(26)27)20(22-13-21-19)24-12-11-14-5-3-4-6-17(14)24/h3-10,13H,2,11-12H2,1H3,(H,21,22,23). The third kappa shape index (κ3) is 3.32. The van der Waals surface area contributed by atoms with Crippen LogP contribution in [0.5, 0.6) is 5.75 Å². The average Bonchev–Trinajstić information content (AvgIpc) is 3.13. The Kier molecular flexibility index (Phi) is 4.76. The fourth-order valence-electron chi connectivity index (χ4n) is 3.32. The highest BCUT2D eigenvalue weighted by Gasteiger charge is 2.31. The van der Waals surface area contributed by atoms with E-state index in [4.69, 9.17) is 4.74 Å². The van der Waals surface area contributed by atoms with Gasteiger partial charge in [0.15, 0.2) is 0 Å². The van der Waals surface area contributed by atoms with Gasteiger partial charge in [-0.15, -0.1) is 0 Å². The average molecular weight is 377 g/mol. The van der Waals surface area contributed by atoms with Gasteiger partial charge in [-0.05, 0) is 49.2 Å². The van der Waals surface area contributed by atoms with Crippen molar-refractivity contribution >= 4 is 28.7 Å². The largest absolute Gasteiger partial charge is 0.494 e. The fourth-order valence-corrected chi connectivity index (χ4v) is 3.32. The lowest BCUT2D eigenvalue weighted by Crippen LogP contribution is -2.17. The summed E-state index contributed by atoms with van der Waals surface area (Å²) >= 11 is 0. The molecule has 0 saturated carbocycles. The second-order valence-corrected chi connectivity index (χ2v) is 6.26. The molecule has 1 aliphatic rings. The first-order valence-electron chi connectivity index (χ1n) is 9.02. The molecule has 8 heteroatoms. The lowest BCUT2D eigenvalue weighted by atomic mass is 10.2. The van der Waals surface area contributed by atoms with E-state index >= 15 is 0 Å².